The van der Waals surface area contributed by atoms with Crippen molar-refractivity contribution < 1.29 is 23.9 Å². The SMILES string of the molecule is COC(=O)c1ccc(-c2cc(OC)c(OCc3ccccc3)cc2[N+](=O)[O-])cn1. The number of methoxy groups -OCH3 is 2. The number of aromatic nitrogens is 1. The molecule has 1 aromatic heterocycles. The number of carbonyl (C=O) groups excluding carboxylic acids is 1. The van der Waals surface area contributed by atoms with E-state index in [2.05, 4.69) is 9.72 Å². The Bertz CT molecular complexity index is 1020. The molecule has 0 radical (unpaired) electrons. The number of ether oxygens (including phenoxy) is 3. The Morgan fingerprint density at radius 2 is 1.83 bits per heavy atom. The van der Waals surface area contributed by atoms with Gasteiger partial charge in [0.1, 0.15) is 12.3 Å². The molecule has 0 aliphatic rings. The fraction of sp³-hybridized carbons (Fsp3) is 0.143. The maximum Gasteiger partial charge on any atom is 0.356 e. The highest BCUT2D eigenvalue weighted by atomic mass is 16.6. The van der Waals surface area contributed by atoms with Gasteiger partial charge in [-0.05, 0) is 17.7 Å². The van der Waals surface area contributed by atoms with E-state index in [-0.39, 0.29) is 23.7 Å². The van der Waals surface area contributed by atoms with Gasteiger partial charge in [0.25, 0.3) is 5.69 Å². The number of nitrogens with zero attached hydrogens (tertiary/aromatic N) is 2. The van der Waals surface area contributed by atoms with Crippen LogP contribution in [0.15, 0.2) is 60.8 Å². The number of hydrogen-bond acceptors (Lipinski definition) is 7. The average molecular weight is 394 g/mol. The summed E-state index contributed by atoms with van der Waals surface area (Å²) in [5.74, 6) is 0.0119. The lowest BCUT2D eigenvalue weighted by Gasteiger charge is -2.13. The summed E-state index contributed by atoms with van der Waals surface area (Å²) < 4.78 is 15.7. The molecule has 0 bridgehead atoms. The molecule has 3 aromatic rings. The quantitative estimate of drug-likeness (QED) is 0.339. The molecule has 0 aliphatic carbocycles. The van der Waals surface area contributed by atoms with E-state index in [1.807, 2.05) is 30.3 Å². The Morgan fingerprint density at radius 3 is 2.41 bits per heavy atom. The van der Waals surface area contributed by atoms with Crippen LogP contribution in [0.25, 0.3) is 11.1 Å². The monoisotopic (exact) mass is 394 g/mol. The average Bonchev–Trinajstić information content (AvgIpc) is 2.77. The highest BCUT2D eigenvalue weighted by Crippen LogP contribution is 2.40. The second kappa shape index (κ2) is 8.83. The second-order valence-electron chi connectivity index (χ2n) is 5.98. The number of benzene rings is 2. The van der Waals surface area contributed by atoms with E-state index < -0.39 is 10.9 Å². The molecule has 1 heterocycles. The number of nitro benzene ring substituents is 1. The summed E-state index contributed by atoms with van der Waals surface area (Å²) in [6.45, 7) is 0.239. The third-order valence-electron chi connectivity index (χ3n) is 4.18. The zero-order chi connectivity index (χ0) is 20.8. The summed E-state index contributed by atoms with van der Waals surface area (Å²) in [4.78, 5) is 26.7. The number of nitro groups is 1. The third kappa shape index (κ3) is 4.49. The molecule has 3 rings (SSSR count). The van der Waals surface area contributed by atoms with Gasteiger partial charge in [-0.3, -0.25) is 10.1 Å². The maximum absolute atomic E-state index is 11.7. The first kappa shape index (κ1) is 19.8. The lowest BCUT2D eigenvalue weighted by molar-refractivity contribution is -0.384. The van der Waals surface area contributed by atoms with Crippen molar-refractivity contribution >= 4 is 11.7 Å². The van der Waals surface area contributed by atoms with Crippen molar-refractivity contribution in [2.45, 2.75) is 6.61 Å². The molecule has 0 amide bonds. The highest BCUT2D eigenvalue weighted by Gasteiger charge is 2.22. The second-order valence-corrected chi connectivity index (χ2v) is 5.98. The molecule has 8 heteroatoms. The molecule has 0 saturated carbocycles. The molecule has 0 N–H and O–H groups in total. The minimum Gasteiger partial charge on any atom is -0.493 e. The van der Waals surface area contributed by atoms with Gasteiger partial charge in [-0.2, -0.15) is 0 Å². The molecule has 0 unspecified atom stereocenters. The smallest absolute Gasteiger partial charge is 0.356 e. The first-order valence-electron chi connectivity index (χ1n) is 8.61. The highest BCUT2D eigenvalue weighted by molar-refractivity contribution is 5.88. The summed E-state index contributed by atoms with van der Waals surface area (Å²) in [5.41, 5.74) is 1.61. The lowest BCUT2D eigenvalue weighted by Crippen LogP contribution is -2.04. The van der Waals surface area contributed by atoms with Gasteiger partial charge in [0, 0.05) is 11.8 Å². The lowest BCUT2D eigenvalue weighted by atomic mass is 10.0. The Balaban J connectivity index is 1.97. The molecule has 0 fully saturated rings. The molecular formula is C21H18N2O6. The summed E-state index contributed by atoms with van der Waals surface area (Å²) >= 11 is 0. The van der Waals surface area contributed by atoms with E-state index in [4.69, 9.17) is 9.47 Å². The predicted octanol–water partition coefficient (Wildman–Crippen LogP) is 4.03. The van der Waals surface area contributed by atoms with Crippen LogP contribution in [0, 0.1) is 10.1 Å². The zero-order valence-electron chi connectivity index (χ0n) is 15.8. The zero-order valence-corrected chi connectivity index (χ0v) is 15.8. The topological polar surface area (TPSA) is 101 Å². The number of rotatable bonds is 7. The minimum absolute atomic E-state index is 0.105. The molecule has 8 nitrogen and oxygen atoms in total. The molecule has 0 atom stereocenters. The van der Waals surface area contributed by atoms with Gasteiger partial charge < -0.3 is 14.2 Å². The minimum atomic E-state index is -0.590. The first-order valence-corrected chi connectivity index (χ1v) is 8.61. The normalized spacial score (nSPS) is 10.3. The Morgan fingerprint density at radius 1 is 1.07 bits per heavy atom. The summed E-state index contributed by atoms with van der Waals surface area (Å²) in [5, 5.41) is 11.7. The van der Waals surface area contributed by atoms with Gasteiger partial charge in [0.05, 0.1) is 30.8 Å². The van der Waals surface area contributed by atoms with Crippen LogP contribution in [-0.2, 0) is 11.3 Å². The summed E-state index contributed by atoms with van der Waals surface area (Å²) in [6, 6.07) is 15.3. The van der Waals surface area contributed by atoms with E-state index in [1.165, 1.54) is 38.6 Å². The van der Waals surface area contributed by atoms with Crippen LogP contribution in [0.5, 0.6) is 11.5 Å². The molecule has 0 aliphatic heterocycles. The fourth-order valence-corrected chi connectivity index (χ4v) is 2.72. The van der Waals surface area contributed by atoms with Crippen LogP contribution in [0.4, 0.5) is 5.69 Å². The van der Waals surface area contributed by atoms with Crippen LogP contribution in [-0.4, -0.2) is 30.1 Å². The van der Waals surface area contributed by atoms with Crippen molar-refractivity contribution in [3.8, 4) is 22.6 Å². The van der Waals surface area contributed by atoms with Crippen LogP contribution in [0.2, 0.25) is 0 Å². The number of pyridine rings is 1. The molecule has 2 aromatic carbocycles. The van der Waals surface area contributed by atoms with Gasteiger partial charge in [-0.1, -0.05) is 36.4 Å². The van der Waals surface area contributed by atoms with E-state index in [9.17, 15) is 14.9 Å². The van der Waals surface area contributed by atoms with Crippen LogP contribution < -0.4 is 9.47 Å². The molecule has 0 spiro atoms. The van der Waals surface area contributed by atoms with Crippen molar-refractivity contribution in [3.63, 3.8) is 0 Å². The molecule has 29 heavy (non-hydrogen) atoms. The van der Waals surface area contributed by atoms with Crippen molar-refractivity contribution in [1.29, 1.82) is 0 Å². The maximum atomic E-state index is 11.7. The van der Waals surface area contributed by atoms with Gasteiger partial charge in [-0.15, -0.1) is 0 Å². The van der Waals surface area contributed by atoms with E-state index >= 15 is 0 Å². The fourth-order valence-electron chi connectivity index (χ4n) is 2.72. The first-order chi connectivity index (χ1) is 14.0. The summed E-state index contributed by atoms with van der Waals surface area (Å²) in [6.07, 6.45) is 1.37. The largest absolute Gasteiger partial charge is 0.493 e. The van der Waals surface area contributed by atoms with Crippen molar-refractivity contribution in [2.75, 3.05) is 14.2 Å². The van der Waals surface area contributed by atoms with Crippen molar-refractivity contribution in [3.05, 3.63) is 82.2 Å². The van der Waals surface area contributed by atoms with E-state index in [1.54, 1.807) is 6.07 Å². The van der Waals surface area contributed by atoms with E-state index in [0.29, 0.717) is 16.9 Å². The van der Waals surface area contributed by atoms with Gasteiger partial charge in [-0.25, -0.2) is 9.78 Å². The van der Waals surface area contributed by atoms with E-state index in [0.717, 1.165) is 5.56 Å². The van der Waals surface area contributed by atoms with Crippen LogP contribution >= 0.6 is 0 Å². The molecular weight excluding hydrogens is 376 g/mol. The Kier molecular flexibility index (Phi) is 6.03. The molecule has 148 valence electrons. The Labute approximate surface area is 166 Å². The van der Waals surface area contributed by atoms with Crippen LogP contribution in [0.3, 0.4) is 0 Å². The predicted molar refractivity (Wildman–Crippen MR) is 105 cm³/mol. The van der Waals surface area contributed by atoms with Gasteiger partial charge in [0.2, 0.25) is 0 Å². The van der Waals surface area contributed by atoms with Crippen LogP contribution in [0.1, 0.15) is 16.1 Å². The number of esters is 1. The van der Waals surface area contributed by atoms with Crippen molar-refractivity contribution in [2.24, 2.45) is 0 Å². The number of carbonyl (C=O) groups is 1. The Hall–Kier alpha value is -3.94. The van der Waals surface area contributed by atoms with Gasteiger partial charge >= 0.3 is 5.97 Å². The number of hydrogen-bond donors (Lipinski definition) is 0. The third-order valence-corrected chi connectivity index (χ3v) is 4.18. The molecule has 0 saturated heterocycles. The van der Waals surface area contributed by atoms with Gasteiger partial charge in [0.15, 0.2) is 11.5 Å². The van der Waals surface area contributed by atoms with Crippen molar-refractivity contribution in [1.82, 2.24) is 4.98 Å². The standard InChI is InChI=1S/C21H18N2O6/c1-27-19-10-16(15-8-9-17(22-12-15)21(24)28-2)18(23(25)26)11-20(19)29-13-14-6-4-3-5-7-14/h3-12H,13H2,1-2H3. The summed E-state index contributed by atoms with van der Waals surface area (Å²) in [7, 11) is 2.71.